The van der Waals surface area contributed by atoms with E-state index in [1.54, 1.807) is 6.33 Å². The van der Waals surface area contributed by atoms with Gasteiger partial charge in [-0.1, -0.05) is 20.8 Å². The molecule has 128 valence electrons. The van der Waals surface area contributed by atoms with Crippen molar-refractivity contribution in [2.45, 2.75) is 52.3 Å². The summed E-state index contributed by atoms with van der Waals surface area (Å²) in [6, 6.07) is 0.419. The minimum absolute atomic E-state index is 0.155. The Morgan fingerprint density at radius 2 is 2.35 bits per heavy atom. The lowest BCUT2D eigenvalue weighted by atomic mass is 9.57. The molecule has 2 aliphatic rings. The standard InChI is InChI=1S/C16H28N6O/c1-5-12-21-19-10-22(12)8-7-18-15(17-4)20-13-11-6-9-23-14(11)16(13,2)3/h10-11,13-14H,5-9H2,1-4H3,(H2,17,18,20). The third-order valence-electron chi connectivity index (χ3n) is 5.27. The largest absolute Gasteiger partial charge is 0.377 e. The van der Waals surface area contributed by atoms with Crippen molar-refractivity contribution in [3.8, 4) is 0 Å². The molecule has 3 unspecified atom stereocenters. The highest BCUT2D eigenvalue weighted by Crippen LogP contribution is 2.51. The molecule has 2 N–H and O–H groups in total. The summed E-state index contributed by atoms with van der Waals surface area (Å²) in [6.45, 7) is 9.15. The van der Waals surface area contributed by atoms with Crippen LogP contribution in [0.5, 0.6) is 0 Å². The van der Waals surface area contributed by atoms with E-state index in [1.807, 2.05) is 7.05 Å². The number of rotatable bonds is 5. The van der Waals surface area contributed by atoms with Crippen molar-refractivity contribution < 1.29 is 4.74 Å². The van der Waals surface area contributed by atoms with Gasteiger partial charge >= 0.3 is 0 Å². The van der Waals surface area contributed by atoms with Crippen LogP contribution in [0.25, 0.3) is 0 Å². The molecule has 7 nitrogen and oxygen atoms in total. The fourth-order valence-corrected chi connectivity index (χ4v) is 3.99. The smallest absolute Gasteiger partial charge is 0.191 e. The van der Waals surface area contributed by atoms with Crippen LogP contribution in [0.1, 0.15) is 33.0 Å². The fraction of sp³-hybridized carbons (Fsp3) is 0.812. The molecule has 2 fully saturated rings. The highest BCUT2D eigenvalue weighted by molar-refractivity contribution is 5.80. The second-order valence-corrected chi connectivity index (χ2v) is 6.98. The predicted molar refractivity (Wildman–Crippen MR) is 89.3 cm³/mol. The van der Waals surface area contributed by atoms with Crippen LogP contribution >= 0.6 is 0 Å². The molecule has 0 amide bonds. The quantitative estimate of drug-likeness (QED) is 0.620. The van der Waals surface area contributed by atoms with Gasteiger partial charge in [-0.25, -0.2) is 0 Å². The summed E-state index contributed by atoms with van der Waals surface area (Å²) in [7, 11) is 1.82. The van der Waals surface area contributed by atoms with E-state index in [1.165, 1.54) is 0 Å². The molecule has 23 heavy (non-hydrogen) atoms. The number of aliphatic imine (C=N–C) groups is 1. The first-order chi connectivity index (χ1) is 11.1. The van der Waals surface area contributed by atoms with E-state index in [9.17, 15) is 0 Å². The van der Waals surface area contributed by atoms with Gasteiger partial charge in [0.25, 0.3) is 0 Å². The molecule has 1 aliphatic heterocycles. The molecule has 7 heteroatoms. The van der Waals surface area contributed by atoms with Crippen LogP contribution in [-0.4, -0.2) is 53.1 Å². The van der Waals surface area contributed by atoms with Crippen LogP contribution in [-0.2, 0) is 17.7 Å². The molecule has 0 aromatic carbocycles. The van der Waals surface area contributed by atoms with Crippen LogP contribution in [0.4, 0.5) is 0 Å². The molecular weight excluding hydrogens is 292 g/mol. The molecule has 1 aromatic heterocycles. The van der Waals surface area contributed by atoms with Crippen molar-refractivity contribution in [1.82, 2.24) is 25.4 Å². The lowest BCUT2D eigenvalue weighted by Gasteiger charge is -2.54. The maximum atomic E-state index is 5.85. The van der Waals surface area contributed by atoms with Crippen LogP contribution in [0.2, 0.25) is 0 Å². The second kappa shape index (κ2) is 6.47. The van der Waals surface area contributed by atoms with Crippen molar-refractivity contribution in [1.29, 1.82) is 0 Å². The average Bonchev–Trinajstić information content (AvgIpc) is 3.18. The molecular formula is C16H28N6O. The first-order valence-corrected chi connectivity index (χ1v) is 8.53. The number of ether oxygens (including phenoxy) is 1. The van der Waals surface area contributed by atoms with Gasteiger partial charge in [0.1, 0.15) is 12.2 Å². The number of aromatic nitrogens is 3. The zero-order valence-electron chi connectivity index (χ0n) is 14.5. The number of nitrogens with one attached hydrogen (secondary N) is 2. The number of hydrogen-bond donors (Lipinski definition) is 2. The number of guanidine groups is 1. The Bertz CT molecular complexity index is 567. The van der Waals surface area contributed by atoms with Gasteiger partial charge in [0.2, 0.25) is 0 Å². The summed E-state index contributed by atoms with van der Waals surface area (Å²) in [4.78, 5) is 4.36. The summed E-state index contributed by atoms with van der Waals surface area (Å²) in [5, 5.41) is 15.1. The first-order valence-electron chi connectivity index (χ1n) is 8.53. The Kier molecular flexibility index (Phi) is 4.57. The van der Waals surface area contributed by atoms with Crippen molar-refractivity contribution in [3.05, 3.63) is 12.2 Å². The van der Waals surface area contributed by atoms with Gasteiger partial charge in [-0.2, -0.15) is 0 Å². The summed E-state index contributed by atoms with van der Waals surface area (Å²) in [5.41, 5.74) is 0.155. The van der Waals surface area contributed by atoms with E-state index in [-0.39, 0.29) is 5.41 Å². The Morgan fingerprint density at radius 1 is 1.52 bits per heavy atom. The van der Waals surface area contributed by atoms with Gasteiger partial charge in [0, 0.05) is 50.5 Å². The van der Waals surface area contributed by atoms with E-state index in [0.717, 1.165) is 44.3 Å². The third kappa shape index (κ3) is 2.94. The van der Waals surface area contributed by atoms with Gasteiger partial charge in [-0.05, 0) is 6.42 Å². The SMILES string of the molecule is CCc1nncn1CCNC(=NC)NC1C2CCOC2C1(C)C. The van der Waals surface area contributed by atoms with E-state index < -0.39 is 0 Å². The summed E-state index contributed by atoms with van der Waals surface area (Å²) >= 11 is 0. The van der Waals surface area contributed by atoms with Gasteiger partial charge in [0.05, 0.1) is 6.10 Å². The van der Waals surface area contributed by atoms with Gasteiger partial charge < -0.3 is 19.9 Å². The zero-order valence-corrected chi connectivity index (χ0v) is 14.5. The van der Waals surface area contributed by atoms with Crippen molar-refractivity contribution in [3.63, 3.8) is 0 Å². The molecule has 3 rings (SSSR count). The maximum Gasteiger partial charge on any atom is 0.191 e. The normalized spacial score (nSPS) is 29.0. The Hall–Kier alpha value is -1.63. The van der Waals surface area contributed by atoms with E-state index in [0.29, 0.717) is 18.1 Å². The number of fused-ring (bicyclic) bond motifs is 1. The van der Waals surface area contributed by atoms with Crippen LogP contribution in [0.15, 0.2) is 11.3 Å². The monoisotopic (exact) mass is 320 g/mol. The summed E-state index contributed by atoms with van der Waals surface area (Å²) in [5.74, 6) is 2.48. The summed E-state index contributed by atoms with van der Waals surface area (Å²) < 4.78 is 7.93. The Labute approximate surface area is 137 Å². The Morgan fingerprint density at radius 3 is 3.09 bits per heavy atom. The average molecular weight is 320 g/mol. The molecule has 1 aromatic rings. The first kappa shape index (κ1) is 16.2. The third-order valence-corrected chi connectivity index (χ3v) is 5.27. The number of nitrogens with zero attached hydrogens (tertiary/aromatic N) is 4. The molecule has 0 bridgehead atoms. The molecule has 1 saturated heterocycles. The molecule has 1 saturated carbocycles. The minimum atomic E-state index is 0.155. The highest BCUT2D eigenvalue weighted by atomic mass is 16.5. The second-order valence-electron chi connectivity index (χ2n) is 6.98. The van der Waals surface area contributed by atoms with Crippen molar-refractivity contribution >= 4 is 5.96 Å². The lowest BCUT2D eigenvalue weighted by molar-refractivity contribution is -0.106. The summed E-state index contributed by atoms with van der Waals surface area (Å²) in [6.07, 6.45) is 4.21. The molecule has 1 aliphatic carbocycles. The Balaban J connectivity index is 1.51. The minimum Gasteiger partial charge on any atom is -0.377 e. The maximum absolute atomic E-state index is 5.85. The van der Waals surface area contributed by atoms with Crippen molar-refractivity contribution in [2.75, 3.05) is 20.2 Å². The van der Waals surface area contributed by atoms with Gasteiger partial charge in [-0.3, -0.25) is 4.99 Å². The van der Waals surface area contributed by atoms with Crippen molar-refractivity contribution in [2.24, 2.45) is 16.3 Å². The topological polar surface area (TPSA) is 76.4 Å². The molecule has 2 heterocycles. The zero-order chi connectivity index (χ0) is 16.4. The van der Waals surface area contributed by atoms with Gasteiger partial charge in [-0.15, -0.1) is 10.2 Å². The molecule has 0 radical (unpaired) electrons. The van der Waals surface area contributed by atoms with Crippen LogP contribution in [0, 0.1) is 11.3 Å². The van der Waals surface area contributed by atoms with E-state index >= 15 is 0 Å². The highest BCUT2D eigenvalue weighted by Gasteiger charge is 2.59. The fourth-order valence-electron chi connectivity index (χ4n) is 3.99. The lowest BCUT2D eigenvalue weighted by Crippen LogP contribution is -2.68. The number of hydrogen-bond acceptors (Lipinski definition) is 4. The molecule has 3 atom stereocenters. The van der Waals surface area contributed by atoms with Crippen LogP contribution < -0.4 is 10.6 Å². The van der Waals surface area contributed by atoms with Crippen LogP contribution in [0.3, 0.4) is 0 Å². The predicted octanol–water partition coefficient (Wildman–Crippen LogP) is 0.819. The van der Waals surface area contributed by atoms with Gasteiger partial charge in [0.15, 0.2) is 5.96 Å². The van der Waals surface area contributed by atoms with E-state index in [4.69, 9.17) is 4.74 Å². The van der Waals surface area contributed by atoms with E-state index in [2.05, 4.69) is 51.2 Å². The molecule has 0 spiro atoms. The number of aryl methyl sites for hydroxylation is 1.